The highest BCUT2D eigenvalue weighted by Crippen LogP contribution is 2.40. The van der Waals surface area contributed by atoms with Gasteiger partial charge in [0.2, 0.25) is 0 Å². The number of pyridine rings is 1. The number of aromatic amines is 1. The van der Waals surface area contributed by atoms with Gasteiger partial charge in [-0.3, -0.25) is 9.89 Å². The fourth-order valence-corrected chi connectivity index (χ4v) is 1.92. The van der Waals surface area contributed by atoms with E-state index in [9.17, 15) is 22.4 Å². The molecule has 3 rings (SSSR count). The predicted molar refractivity (Wildman–Crippen MR) is 57.7 cm³/mol. The van der Waals surface area contributed by atoms with Crippen molar-refractivity contribution in [1.29, 1.82) is 0 Å². The molecule has 2 heterocycles. The summed E-state index contributed by atoms with van der Waals surface area (Å²) in [6.45, 7) is 0. The van der Waals surface area contributed by atoms with E-state index in [1.807, 2.05) is 5.10 Å². The molecule has 0 spiro atoms. The Balaban J connectivity index is 2.15. The zero-order valence-corrected chi connectivity index (χ0v) is 9.54. The minimum absolute atomic E-state index is 0.0651. The van der Waals surface area contributed by atoms with Crippen LogP contribution < -0.4 is 5.56 Å². The monoisotopic (exact) mass is 275 g/mol. The summed E-state index contributed by atoms with van der Waals surface area (Å²) < 4.78 is 51.6. The lowest BCUT2D eigenvalue weighted by atomic mass is 10.2. The molecule has 2 aromatic rings. The molecule has 1 saturated carbocycles. The maximum Gasteiger partial charge on any atom is 0.365 e. The molecule has 2 aromatic heterocycles. The molecule has 0 amide bonds. The fourth-order valence-electron chi connectivity index (χ4n) is 1.92. The van der Waals surface area contributed by atoms with Gasteiger partial charge in [0, 0.05) is 6.07 Å². The number of nitrogens with zero attached hydrogens (tertiary/aromatic N) is 2. The van der Waals surface area contributed by atoms with Crippen molar-refractivity contribution in [2.45, 2.75) is 31.1 Å². The maximum absolute atomic E-state index is 13.2. The van der Waals surface area contributed by atoms with E-state index in [0.717, 1.165) is 17.4 Å². The molecule has 1 aliphatic carbocycles. The Morgan fingerprint density at radius 3 is 2.63 bits per heavy atom. The van der Waals surface area contributed by atoms with Crippen LogP contribution in [0.2, 0.25) is 0 Å². The summed E-state index contributed by atoms with van der Waals surface area (Å²) in [5.41, 5.74) is 0.0661. The van der Waals surface area contributed by atoms with Gasteiger partial charge >= 0.3 is 12.3 Å². The van der Waals surface area contributed by atoms with Gasteiger partial charge in [0.15, 0.2) is 11.5 Å². The van der Waals surface area contributed by atoms with Crippen LogP contribution in [0.25, 0.3) is 5.65 Å². The average Bonchev–Trinajstić information content (AvgIpc) is 3.08. The highest BCUT2D eigenvalue weighted by atomic mass is 19.3. The van der Waals surface area contributed by atoms with Gasteiger partial charge in [-0.2, -0.15) is 8.78 Å². The van der Waals surface area contributed by atoms with Gasteiger partial charge < -0.3 is 0 Å². The third kappa shape index (κ3) is 1.91. The van der Waals surface area contributed by atoms with Crippen LogP contribution in [-0.2, 0) is 5.92 Å². The van der Waals surface area contributed by atoms with Gasteiger partial charge in [-0.25, -0.2) is 18.3 Å². The molecule has 0 aromatic carbocycles. The van der Waals surface area contributed by atoms with Crippen molar-refractivity contribution in [3.05, 3.63) is 33.9 Å². The van der Waals surface area contributed by atoms with Crippen molar-refractivity contribution in [3.8, 4) is 0 Å². The Bertz CT molecular complexity index is 687. The Labute approximate surface area is 104 Å². The summed E-state index contributed by atoms with van der Waals surface area (Å²) in [5, 5.41) is 1.94. The first-order chi connectivity index (χ1) is 8.89. The average molecular weight is 275 g/mol. The molecule has 0 saturated heterocycles. The Morgan fingerprint density at radius 1 is 1.37 bits per heavy atom. The van der Waals surface area contributed by atoms with Crippen molar-refractivity contribution in [3.63, 3.8) is 0 Å². The third-order valence-electron chi connectivity index (χ3n) is 3.12. The Kier molecular flexibility index (Phi) is 2.45. The molecule has 102 valence electrons. The Hall–Kier alpha value is -1.86. The normalized spacial score (nSPS) is 16.5. The van der Waals surface area contributed by atoms with Gasteiger partial charge in [0.1, 0.15) is 0 Å². The van der Waals surface area contributed by atoms with Crippen LogP contribution in [0.5, 0.6) is 0 Å². The number of fused-ring (bicyclic) bond motifs is 1. The van der Waals surface area contributed by atoms with E-state index >= 15 is 0 Å². The number of rotatable bonds is 3. The number of hydrogen-bond acceptors (Lipinski definition) is 2. The van der Waals surface area contributed by atoms with Crippen LogP contribution in [0.1, 0.15) is 30.1 Å². The number of halogens is 4. The van der Waals surface area contributed by atoms with E-state index in [1.165, 1.54) is 12.1 Å². The first-order valence-corrected chi connectivity index (χ1v) is 5.69. The quantitative estimate of drug-likeness (QED) is 0.873. The van der Waals surface area contributed by atoms with Crippen LogP contribution in [0.4, 0.5) is 17.6 Å². The van der Waals surface area contributed by atoms with E-state index in [4.69, 9.17) is 0 Å². The fraction of sp³-hybridized carbons (Fsp3) is 0.455. The minimum Gasteiger partial charge on any atom is -0.271 e. The molecule has 0 radical (unpaired) electrons. The minimum atomic E-state index is -4.40. The topological polar surface area (TPSA) is 50.2 Å². The second-order valence-corrected chi connectivity index (χ2v) is 4.59. The number of aromatic nitrogens is 3. The van der Waals surface area contributed by atoms with E-state index in [0.29, 0.717) is 5.56 Å². The van der Waals surface area contributed by atoms with E-state index < -0.39 is 23.7 Å². The number of alkyl halides is 4. The summed E-state index contributed by atoms with van der Waals surface area (Å²) >= 11 is 0. The first kappa shape index (κ1) is 12.2. The lowest BCUT2D eigenvalue weighted by molar-refractivity contribution is -0.140. The lowest BCUT2D eigenvalue weighted by Crippen LogP contribution is -2.25. The zero-order valence-electron chi connectivity index (χ0n) is 9.54. The molecule has 4 nitrogen and oxygen atoms in total. The van der Waals surface area contributed by atoms with Crippen LogP contribution >= 0.6 is 0 Å². The highest BCUT2D eigenvalue weighted by molar-refractivity contribution is 5.43. The van der Waals surface area contributed by atoms with Gasteiger partial charge in [0.25, 0.3) is 5.56 Å². The maximum atomic E-state index is 13.2. The smallest absolute Gasteiger partial charge is 0.271 e. The summed E-state index contributed by atoms with van der Waals surface area (Å²) in [6, 6.07) is 2.79. The summed E-state index contributed by atoms with van der Waals surface area (Å²) in [7, 11) is 0. The lowest BCUT2D eigenvalue weighted by Gasteiger charge is -2.10. The molecule has 0 aliphatic heterocycles. The van der Waals surface area contributed by atoms with E-state index in [-0.39, 0.29) is 11.6 Å². The first-order valence-electron chi connectivity index (χ1n) is 5.69. The predicted octanol–water partition coefficient (Wildman–Crippen LogP) is 2.26. The molecule has 1 fully saturated rings. The molecule has 19 heavy (non-hydrogen) atoms. The second-order valence-electron chi connectivity index (χ2n) is 4.59. The molecular weight excluding hydrogens is 266 g/mol. The van der Waals surface area contributed by atoms with Gasteiger partial charge in [0.05, 0.1) is 0 Å². The van der Waals surface area contributed by atoms with Crippen LogP contribution in [-0.4, -0.2) is 21.0 Å². The van der Waals surface area contributed by atoms with Crippen molar-refractivity contribution >= 4 is 5.65 Å². The number of H-pyrrole nitrogens is 1. The molecule has 0 unspecified atom stereocenters. The van der Waals surface area contributed by atoms with Gasteiger partial charge in [-0.15, -0.1) is 0 Å². The van der Waals surface area contributed by atoms with Crippen molar-refractivity contribution < 1.29 is 17.6 Å². The summed E-state index contributed by atoms with van der Waals surface area (Å²) in [4.78, 5) is 15.1. The van der Waals surface area contributed by atoms with Crippen molar-refractivity contribution in [2.24, 2.45) is 0 Å². The van der Waals surface area contributed by atoms with E-state index in [2.05, 4.69) is 4.98 Å². The SMILES string of the molecule is O=c1cc(C2CC2)cc2nc(C(F)(F)C(F)F)[nH]n12. The molecule has 1 aliphatic rings. The van der Waals surface area contributed by atoms with Crippen LogP contribution in [0, 0.1) is 0 Å². The molecule has 1 N–H and O–H groups in total. The highest BCUT2D eigenvalue weighted by Gasteiger charge is 2.46. The third-order valence-corrected chi connectivity index (χ3v) is 3.12. The van der Waals surface area contributed by atoms with Crippen LogP contribution in [0.3, 0.4) is 0 Å². The largest absolute Gasteiger partial charge is 0.365 e. The van der Waals surface area contributed by atoms with Crippen molar-refractivity contribution in [1.82, 2.24) is 14.6 Å². The standard InChI is InChI=1S/C11H9F4N3O/c12-9(13)11(14,15)10-16-7-3-6(5-1-2-5)4-8(19)18(7)17-10/h3-5,9H,1-2H2,(H,16,17). The van der Waals surface area contributed by atoms with Gasteiger partial charge in [-0.05, 0) is 30.4 Å². The summed E-state index contributed by atoms with van der Waals surface area (Å²) in [6.07, 6.45) is -2.02. The van der Waals surface area contributed by atoms with E-state index in [1.54, 1.807) is 0 Å². The Morgan fingerprint density at radius 2 is 2.05 bits per heavy atom. The molecule has 0 bridgehead atoms. The molecular formula is C11H9F4N3O. The molecule has 8 heteroatoms. The number of nitrogens with one attached hydrogen (secondary N) is 1. The summed E-state index contributed by atoms with van der Waals surface area (Å²) in [5.74, 6) is -5.36. The van der Waals surface area contributed by atoms with Crippen molar-refractivity contribution in [2.75, 3.05) is 0 Å². The zero-order chi connectivity index (χ0) is 13.8. The molecule has 0 atom stereocenters. The second kappa shape index (κ2) is 3.82. The van der Waals surface area contributed by atoms with Gasteiger partial charge in [-0.1, -0.05) is 0 Å². The van der Waals surface area contributed by atoms with Crippen LogP contribution in [0.15, 0.2) is 16.9 Å². The number of hydrogen-bond donors (Lipinski definition) is 1.